The molecule has 1 rings (SSSR count). The SMILES string of the molecule is COCCNCC(CC(C)C)c1ccccc1C. The summed E-state index contributed by atoms with van der Waals surface area (Å²) >= 11 is 0. The number of aryl methyl sites for hydroxylation is 1. The van der Waals surface area contributed by atoms with Crippen LogP contribution in [0.3, 0.4) is 0 Å². The molecule has 2 nitrogen and oxygen atoms in total. The summed E-state index contributed by atoms with van der Waals surface area (Å²) in [5.74, 6) is 1.32. The Morgan fingerprint density at radius 1 is 1.22 bits per heavy atom. The van der Waals surface area contributed by atoms with Gasteiger partial charge in [-0.2, -0.15) is 0 Å². The molecule has 0 fully saturated rings. The molecule has 2 heteroatoms. The van der Waals surface area contributed by atoms with Crippen LogP contribution in [-0.2, 0) is 4.74 Å². The maximum absolute atomic E-state index is 5.07. The third-order valence-electron chi connectivity index (χ3n) is 3.26. The normalized spacial score (nSPS) is 12.9. The van der Waals surface area contributed by atoms with Crippen molar-refractivity contribution in [3.05, 3.63) is 35.4 Å². The van der Waals surface area contributed by atoms with Crippen LogP contribution in [0.4, 0.5) is 0 Å². The summed E-state index contributed by atoms with van der Waals surface area (Å²) in [6.45, 7) is 9.53. The number of benzene rings is 1. The standard InChI is InChI=1S/C16H27NO/c1-13(2)11-15(12-17-9-10-18-4)16-8-6-5-7-14(16)3/h5-8,13,15,17H,9-12H2,1-4H3. The Hall–Kier alpha value is -0.860. The van der Waals surface area contributed by atoms with E-state index >= 15 is 0 Å². The van der Waals surface area contributed by atoms with E-state index in [0.29, 0.717) is 5.92 Å². The van der Waals surface area contributed by atoms with Crippen molar-refractivity contribution in [3.8, 4) is 0 Å². The summed E-state index contributed by atoms with van der Waals surface area (Å²) in [4.78, 5) is 0. The molecule has 0 saturated heterocycles. The van der Waals surface area contributed by atoms with E-state index in [1.807, 2.05) is 0 Å². The highest BCUT2D eigenvalue weighted by Crippen LogP contribution is 2.25. The Morgan fingerprint density at radius 2 is 1.94 bits per heavy atom. The Kier molecular flexibility index (Phi) is 6.99. The smallest absolute Gasteiger partial charge is 0.0587 e. The predicted octanol–water partition coefficient (Wildman–Crippen LogP) is 3.36. The van der Waals surface area contributed by atoms with Gasteiger partial charge in [-0.05, 0) is 36.3 Å². The highest BCUT2D eigenvalue weighted by Gasteiger charge is 2.14. The summed E-state index contributed by atoms with van der Waals surface area (Å²) in [5.41, 5.74) is 2.88. The third kappa shape index (κ3) is 5.19. The van der Waals surface area contributed by atoms with Gasteiger partial charge in [0.15, 0.2) is 0 Å². The summed E-state index contributed by atoms with van der Waals surface area (Å²) in [6.07, 6.45) is 1.23. The van der Waals surface area contributed by atoms with E-state index in [9.17, 15) is 0 Å². The molecule has 0 saturated carbocycles. The van der Waals surface area contributed by atoms with Gasteiger partial charge in [0.05, 0.1) is 6.61 Å². The van der Waals surface area contributed by atoms with Gasteiger partial charge in [-0.3, -0.25) is 0 Å². The van der Waals surface area contributed by atoms with Gasteiger partial charge in [0.2, 0.25) is 0 Å². The minimum Gasteiger partial charge on any atom is -0.383 e. The lowest BCUT2D eigenvalue weighted by atomic mass is 9.88. The lowest BCUT2D eigenvalue weighted by Crippen LogP contribution is -2.26. The van der Waals surface area contributed by atoms with Crippen molar-refractivity contribution in [2.75, 3.05) is 26.8 Å². The molecule has 18 heavy (non-hydrogen) atoms. The summed E-state index contributed by atoms with van der Waals surface area (Å²) in [5, 5.41) is 3.49. The lowest BCUT2D eigenvalue weighted by Gasteiger charge is -2.22. The molecule has 0 amide bonds. The van der Waals surface area contributed by atoms with E-state index in [0.717, 1.165) is 25.6 Å². The van der Waals surface area contributed by atoms with E-state index in [1.54, 1.807) is 7.11 Å². The molecule has 1 unspecified atom stereocenters. The number of methoxy groups -OCH3 is 1. The fourth-order valence-corrected chi connectivity index (χ4v) is 2.38. The van der Waals surface area contributed by atoms with Crippen LogP contribution < -0.4 is 5.32 Å². The molecule has 1 aromatic rings. The molecular weight excluding hydrogens is 222 g/mol. The molecule has 0 bridgehead atoms. The van der Waals surface area contributed by atoms with Crippen LogP contribution in [0.2, 0.25) is 0 Å². The Bertz CT molecular complexity index is 336. The van der Waals surface area contributed by atoms with Crippen LogP contribution >= 0.6 is 0 Å². The Balaban J connectivity index is 2.63. The first-order valence-electron chi connectivity index (χ1n) is 6.90. The Labute approximate surface area is 112 Å². The topological polar surface area (TPSA) is 21.3 Å². The first-order chi connectivity index (χ1) is 8.65. The number of rotatable bonds is 8. The largest absolute Gasteiger partial charge is 0.383 e. The van der Waals surface area contributed by atoms with Crippen molar-refractivity contribution in [2.24, 2.45) is 5.92 Å². The zero-order valence-corrected chi connectivity index (χ0v) is 12.2. The van der Waals surface area contributed by atoms with Gasteiger partial charge in [0.25, 0.3) is 0 Å². The average Bonchev–Trinajstić information content (AvgIpc) is 2.33. The Morgan fingerprint density at radius 3 is 2.56 bits per heavy atom. The van der Waals surface area contributed by atoms with Crippen molar-refractivity contribution in [2.45, 2.75) is 33.1 Å². The van der Waals surface area contributed by atoms with Gasteiger partial charge in [-0.1, -0.05) is 38.1 Å². The minimum absolute atomic E-state index is 0.600. The van der Waals surface area contributed by atoms with Crippen molar-refractivity contribution >= 4 is 0 Å². The summed E-state index contributed by atoms with van der Waals surface area (Å²) in [6, 6.07) is 8.73. The molecule has 1 aromatic carbocycles. The first kappa shape index (κ1) is 15.2. The van der Waals surface area contributed by atoms with Crippen molar-refractivity contribution < 1.29 is 4.74 Å². The van der Waals surface area contributed by atoms with Crippen LogP contribution in [0.15, 0.2) is 24.3 Å². The fourth-order valence-electron chi connectivity index (χ4n) is 2.38. The van der Waals surface area contributed by atoms with Gasteiger partial charge < -0.3 is 10.1 Å². The van der Waals surface area contributed by atoms with Crippen molar-refractivity contribution in [1.82, 2.24) is 5.32 Å². The monoisotopic (exact) mass is 249 g/mol. The zero-order valence-electron chi connectivity index (χ0n) is 12.2. The van der Waals surface area contributed by atoms with Gasteiger partial charge in [-0.25, -0.2) is 0 Å². The number of hydrogen-bond acceptors (Lipinski definition) is 2. The van der Waals surface area contributed by atoms with Crippen molar-refractivity contribution in [3.63, 3.8) is 0 Å². The molecule has 0 aliphatic heterocycles. The molecule has 0 aromatic heterocycles. The molecule has 0 heterocycles. The summed E-state index contributed by atoms with van der Waals surface area (Å²) in [7, 11) is 1.74. The molecule has 0 spiro atoms. The van der Waals surface area contributed by atoms with Gasteiger partial charge in [-0.15, -0.1) is 0 Å². The minimum atomic E-state index is 0.600. The number of ether oxygens (including phenoxy) is 1. The number of hydrogen-bond donors (Lipinski definition) is 1. The van der Waals surface area contributed by atoms with Gasteiger partial charge in [0.1, 0.15) is 0 Å². The van der Waals surface area contributed by atoms with Gasteiger partial charge in [0, 0.05) is 20.2 Å². The van der Waals surface area contributed by atoms with Crippen molar-refractivity contribution in [1.29, 1.82) is 0 Å². The molecular formula is C16H27NO. The van der Waals surface area contributed by atoms with Crippen LogP contribution in [0, 0.1) is 12.8 Å². The van der Waals surface area contributed by atoms with E-state index < -0.39 is 0 Å². The van der Waals surface area contributed by atoms with E-state index in [-0.39, 0.29) is 0 Å². The van der Waals surface area contributed by atoms with Crippen LogP contribution in [0.25, 0.3) is 0 Å². The van der Waals surface area contributed by atoms with Gasteiger partial charge >= 0.3 is 0 Å². The van der Waals surface area contributed by atoms with Crippen LogP contribution in [-0.4, -0.2) is 26.8 Å². The molecule has 0 aliphatic carbocycles. The maximum Gasteiger partial charge on any atom is 0.0587 e. The molecule has 1 N–H and O–H groups in total. The average molecular weight is 249 g/mol. The molecule has 1 atom stereocenters. The zero-order chi connectivity index (χ0) is 13.4. The number of nitrogens with one attached hydrogen (secondary N) is 1. The van der Waals surface area contributed by atoms with Crippen LogP contribution in [0.1, 0.15) is 37.3 Å². The predicted molar refractivity (Wildman–Crippen MR) is 78.1 cm³/mol. The second kappa shape index (κ2) is 8.28. The molecule has 0 radical (unpaired) electrons. The third-order valence-corrected chi connectivity index (χ3v) is 3.26. The van der Waals surface area contributed by atoms with E-state index in [4.69, 9.17) is 4.74 Å². The highest BCUT2D eigenvalue weighted by molar-refractivity contribution is 5.29. The molecule has 0 aliphatic rings. The quantitative estimate of drug-likeness (QED) is 0.713. The van der Waals surface area contributed by atoms with Crippen LogP contribution in [0.5, 0.6) is 0 Å². The first-order valence-corrected chi connectivity index (χ1v) is 6.90. The second-order valence-electron chi connectivity index (χ2n) is 5.38. The molecule has 102 valence electrons. The maximum atomic E-state index is 5.07. The van der Waals surface area contributed by atoms with E-state index in [2.05, 4.69) is 50.4 Å². The fraction of sp³-hybridized carbons (Fsp3) is 0.625. The van der Waals surface area contributed by atoms with E-state index in [1.165, 1.54) is 17.5 Å². The lowest BCUT2D eigenvalue weighted by molar-refractivity contribution is 0.198. The highest BCUT2D eigenvalue weighted by atomic mass is 16.5. The summed E-state index contributed by atoms with van der Waals surface area (Å²) < 4.78 is 5.07. The second-order valence-corrected chi connectivity index (χ2v) is 5.38.